The average Bonchev–Trinajstić information content (AvgIpc) is 2.83. The van der Waals surface area contributed by atoms with Crippen LogP contribution in [-0.2, 0) is 0 Å². The predicted molar refractivity (Wildman–Crippen MR) is 66.6 cm³/mol. The largest absolute Gasteiger partial charge is 0.392 e. The molecule has 0 radical (unpaired) electrons. The third-order valence-corrected chi connectivity index (χ3v) is 4.19. The molecule has 0 unspecified atom stereocenters. The van der Waals surface area contributed by atoms with Gasteiger partial charge in [-0.3, -0.25) is 9.80 Å². The Kier molecular flexibility index (Phi) is 4.62. The average molecular weight is 226 g/mol. The minimum atomic E-state index is -0.127. The number of nitrogens with zero attached hydrogens (tertiary/aromatic N) is 2. The van der Waals surface area contributed by atoms with E-state index < -0.39 is 0 Å². The summed E-state index contributed by atoms with van der Waals surface area (Å²) in [5.74, 6) is 0. The summed E-state index contributed by atoms with van der Waals surface area (Å²) >= 11 is 0. The second-order valence-corrected chi connectivity index (χ2v) is 5.34. The fourth-order valence-electron chi connectivity index (χ4n) is 3.01. The molecule has 3 nitrogen and oxygen atoms in total. The minimum Gasteiger partial charge on any atom is -0.392 e. The summed E-state index contributed by atoms with van der Waals surface area (Å²) in [4.78, 5) is 5.08. The van der Waals surface area contributed by atoms with Crippen molar-refractivity contribution in [2.45, 2.75) is 51.2 Å². The minimum absolute atomic E-state index is 0.127. The topological polar surface area (TPSA) is 26.7 Å². The SMILES string of the molecule is CC[C@@H](O)CN1CCN(C2CCCC2)CC1. The van der Waals surface area contributed by atoms with Crippen molar-refractivity contribution in [3.05, 3.63) is 0 Å². The number of aliphatic hydroxyl groups is 1. The van der Waals surface area contributed by atoms with E-state index in [1.54, 1.807) is 0 Å². The molecule has 1 aliphatic carbocycles. The van der Waals surface area contributed by atoms with Crippen LogP contribution in [0.25, 0.3) is 0 Å². The van der Waals surface area contributed by atoms with Crippen molar-refractivity contribution < 1.29 is 5.11 Å². The lowest BCUT2D eigenvalue weighted by Gasteiger charge is -2.38. The van der Waals surface area contributed by atoms with Gasteiger partial charge < -0.3 is 5.11 Å². The van der Waals surface area contributed by atoms with E-state index in [1.807, 2.05) is 0 Å². The van der Waals surface area contributed by atoms with Crippen LogP contribution >= 0.6 is 0 Å². The fourth-order valence-corrected chi connectivity index (χ4v) is 3.01. The monoisotopic (exact) mass is 226 g/mol. The molecule has 0 aromatic carbocycles. The summed E-state index contributed by atoms with van der Waals surface area (Å²) in [5, 5.41) is 9.63. The number of piperazine rings is 1. The summed E-state index contributed by atoms with van der Waals surface area (Å²) in [5.41, 5.74) is 0. The zero-order chi connectivity index (χ0) is 11.4. The van der Waals surface area contributed by atoms with E-state index >= 15 is 0 Å². The van der Waals surface area contributed by atoms with Gasteiger partial charge in [-0.05, 0) is 19.3 Å². The highest BCUT2D eigenvalue weighted by atomic mass is 16.3. The van der Waals surface area contributed by atoms with Crippen LogP contribution in [0, 0.1) is 0 Å². The van der Waals surface area contributed by atoms with Crippen LogP contribution in [0.1, 0.15) is 39.0 Å². The molecule has 1 saturated carbocycles. The van der Waals surface area contributed by atoms with Crippen LogP contribution in [0.3, 0.4) is 0 Å². The van der Waals surface area contributed by atoms with Gasteiger partial charge in [0.15, 0.2) is 0 Å². The van der Waals surface area contributed by atoms with Gasteiger partial charge >= 0.3 is 0 Å². The van der Waals surface area contributed by atoms with Crippen molar-refractivity contribution in [1.29, 1.82) is 0 Å². The Hall–Kier alpha value is -0.120. The number of hydrogen-bond donors (Lipinski definition) is 1. The van der Waals surface area contributed by atoms with Crippen molar-refractivity contribution in [3.8, 4) is 0 Å². The molecule has 0 aromatic rings. The van der Waals surface area contributed by atoms with E-state index in [2.05, 4.69) is 16.7 Å². The third-order valence-electron chi connectivity index (χ3n) is 4.19. The van der Waals surface area contributed by atoms with Gasteiger partial charge in [-0.25, -0.2) is 0 Å². The van der Waals surface area contributed by atoms with Crippen molar-refractivity contribution in [2.75, 3.05) is 32.7 Å². The zero-order valence-corrected chi connectivity index (χ0v) is 10.6. The maximum absolute atomic E-state index is 9.63. The molecule has 16 heavy (non-hydrogen) atoms. The molecule has 2 aliphatic rings. The van der Waals surface area contributed by atoms with Crippen LogP contribution in [-0.4, -0.2) is 59.8 Å². The number of aliphatic hydroxyl groups excluding tert-OH is 1. The van der Waals surface area contributed by atoms with Gasteiger partial charge in [0, 0.05) is 38.8 Å². The van der Waals surface area contributed by atoms with E-state index in [0.29, 0.717) is 0 Å². The first-order valence-electron chi connectivity index (χ1n) is 6.94. The third kappa shape index (κ3) is 3.19. The van der Waals surface area contributed by atoms with Gasteiger partial charge in [-0.15, -0.1) is 0 Å². The normalized spacial score (nSPS) is 27.4. The molecule has 0 aromatic heterocycles. The quantitative estimate of drug-likeness (QED) is 0.783. The van der Waals surface area contributed by atoms with Crippen molar-refractivity contribution in [3.63, 3.8) is 0 Å². The highest BCUT2D eigenvalue weighted by Crippen LogP contribution is 2.24. The molecule has 1 heterocycles. The summed E-state index contributed by atoms with van der Waals surface area (Å²) < 4.78 is 0. The van der Waals surface area contributed by atoms with Crippen LogP contribution < -0.4 is 0 Å². The molecule has 1 atom stereocenters. The van der Waals surface area contributed by atoms with Crippen molar-refractivity contribution in [1.82, 2.24) is 9.80 Å². The Balaban J connectivity index is 1.69. The van der Waals surface area contributed by atoms with Gasteiger partial charge in [-0.2, -0.15) is 0 Å². The molecule has 3 heteroatoms. The highest BCUT2D eigenvalue weighted by Gasteiger charge is 2.26. The first-order valence-corrected chi connectivity index (χ1v) is 6.94. The Morgan fingerprint density at radius 3 is 2.31 bits per heavy atom. The number of β-amino-alcohol motifs (C(OH)–C–C–N with tert-alkyl or cyclic N) is 1. The van der Waals surface area contributed by atoms with Gasteiger partial charge in [0.05, 0.1) is 6.10 Å². The molecule has 0 spiro atoms. The van der Waals surface area contributed by atoms with E-state index in [9.17, 15) is 5.11 Å². The molecule has 1 aliphatic heterocycles. The smallest absolute Gasteiger partial charge is 0.0664 e. The standard InChI is InChI=1S/C13H26N2O/c1-2-13(16)11-14-7-9-15(10-8-14)12-5-3-4-6-12/h12-13,16H,2-11H2,1H3/t13-/m1/s1. The van der Waals surface area contributed by atoms with Crippen LogP contribution in [0.2, 0.25) is 0 Å². The van der Waals surface area contributed by atoms with E-state index in [0.717, 1.165) is 32.1 Å². The summed E-state index contributed by atoms with van der Waals surface area (Å²) in [6.07, 6.45) is 6.44. The Morgan fingerprint density at radius 2 is 1.75 bits per heavy atom. The molecule has 1 N–H and O–H groups in total. The summed E-state index contributed by atoms with van der Waals surface area (Å²) in [6.45, 7) is 7.64. The first kappa shape index (κ1) is 12.3. The van der Waals surface area contributed by atoms with Crippen LogP contribution in [0.15, 0.2) is 0 Å². The molecule has 0 bridgehead atoms. The van der Waals surface area contributed by atoms with Gasteiger partial charge in [0.2, 0.25) is 0 Å². The van der Waals surface area contributed by atoms with Crippen molar-refractivity contribution in [2.24, 2.45) is 0 Å². The molecule has 0 amide bonds. The first-order chi connectivity index (χ1) is 7.79. The number of hydrogen-bond acceptors (Lipinski definition) is 3. The summed E-state index contributed by atoms with van der Waals surface area (Å²) in [6, 6.07) is 0.873. The van der Waals surface area contributed by atoms with Crippen LogP contribution in [0.4, 0.5) is 0 Å². The maximum Gasteiger partial charge on any atom is 0.0664 e. The molecule has 2 rings (SSSR count). The molecular formula is C13H26N2O. The predicted octanol–water partition coefficient (Wildman–Crippen LogP) is 1.32. The lowest BCUT2D eigenvalue weighted by Crippen LogP contribution is -2.51. The lowest BCUT2D eigenvalue weighted by atomic mass is 10.1. The fraction of sp³-hybridized carbons (Fsp3) is 1.00. The Morgan fingerprint density at radius 1 is 1.12 bits per heavy atom. The van der Waals surface area contributed by atoms with Crippen molar-refractivity contribution >= 4 is 0 Å². The van der Waals surface area contributed by atoms with E-state index in [1.165, 1.54) is 38.8 Å². The molecule has 2 fully saturated rings. The second kappa shape index (κ2) is 5.99. The summed E-state index contributed by atoms with van der Waals surface area (Å²) in [7, 11) is 0. The maximum atomic E-state index is 9.63. The number of rotatable bonds is 4. The zero-order valence-electron chi connectivity index (χ0n) is 10.6. The molecule has 1 saturated heterocycles. The highest BCUT2D eigenvalue weighted by molar-refractivity contribution is 4.82. The lowest BCUT2D eigenvalue weighted by molar-refractivity contribution is 0.0561. The van der Waals surface area contributed by atoms with E-state index in [4.69, 9.17) is 0 Å². The van der Waals surface area contributed by atoms with Gasteiger partial charge in [0.25, 0.3) is 0 Å². The molecular weight excluding hydrogens is 200 g/mol. The van der Waals surface area contributed by atoms with E-state index in [-0.39, 0.29) is 6.10 Å². The van der Waals surface area contributed by atoms with Gasteiger partial charge in [0.1, 0.15) is 0 Å². The van der Waals surface area contributed by atoms with Gasteiger partial charge in [-0.1, -0.05) is 19.8 Å². The second-order valence-electron chi connectivity index (χ2n) is 5.34. The Bertz CT molecular complexity index is 196. The Labute approximate surface area is 99.4 Å². The molecule has 94 valence electrons. The van der Waals surface area contributed by atoms with Crippen LogP contribution in [0.5, 0.6) is 0 Å².